The van der Waals surface area contributed by atoms with Gasteiger partial charge in [-0.1, -0.05) is 52.3 Å². The zero-order valence-electron chi connectivity index (χ0n) is 17.7. The van der Waals surface area contributed by atoms with Crippen molar-refractivity contribution in [3.05, 3.63) is 103 Å². The third-order valence-electron chi connectivity index (χ3n) is 6.09. The largest absolute Gasteiger partial charge is 0.375 e. The number of nitrogens with zero attached hydrogens (tertiary/aromatic N) is 1. The van der Waals surface area contributed by atoms with Crippen LogP contribution in [0.5, 0.6) is 0 Å². The van der Waals surface area contributed by atoms with Gasteiger partial charge in [-0.15, -0.1) is 0 Å². The fourth-order valence-electron chi connectivity index (χ4n) is 4.14. The number of hydrogen-bond acceptors (Lipinski definition) is 4. The highest BCUT2D eigenvalue weighted by atomic mass is 79.9. The molecule has 0 aliphatic carbocycles. The number of aryl methyl sites for hydroxylation is 2. The van der Waals surface area contributed by atoms with Gasteiger partial charge in [0.2, 0.25) is 0 Å². The Hall–Kier alpha value is -2.70. The normalized spacial score (nSPS) is 18.2. The molecule has 2 unspecified atom stereocenters. The van der Waals surface area contributed by atoms with E-state index in [1.54, 1.807) is 6.07 Å². The van der Waals surface area contributed by atoms with Crippen LogP contribution in [0.4, 0.5) is 11.4 Å². The Kier molecular flexibility index (Phi) is 6.39. The Morgan fingerprint density at radius 2 is 1.65 bits per heavy atom. The molecule has 4 rings (SSSR count). The standard InChI is InChI=1S/C25H26BrN3O2/c1-16-3-4-18(13-17(16)2)15-27-24-10-7-20(14-25(24)29(30)31)23-12-11-22(28-23)19-5-8-21(26)9-6-19/h3-10,13-14,22-23,27-28H,11-12,15H2,1-2H3. The van der Waals surface area contributed by atoms with Crippen molar-refractivity contribution in [3.63, 3.8) is 0 Å². The lowest BCUT2D eigenvalue weighted by atomic mass is 10.0. The van der Waals surface area contributed by atoms with E-state index in [9.17, 15) is 10.1 Å². The molecule has 2 atom stereocenters. The first-order chi connectivity index (χ1) is 14.9. The van der Waals surface area contributed by atoms with Gasteiger partial charge >= 0.3 is 0 Å². The molecule has 1 saturated heterocycles. The number of hydrogen-bond donors (Lipinski definition) is 2. The van der Waals surface area contributed by atoms with E-state index in [1.807, 2.05) is 24.3 Å². The van der Waals surface area contributed by atoms with Gasteiger partial charge in [-0.25, -0.2) is 0 Å². The zero-order chi connectivity index (χ0) is 22.0. The van der Waals surface area contributed by atoms with E-state index >= 15 is 0 Å². The van der Waals surface area contributed by atoms with Crippen molar-refractivity contribution in [2.75, 3.05) is 5.32 Å². The molecular weight excluding hydrogens is 454 g/mol. The summed E-state index contributed by atoms with van der Waals surface area (Å²) in [5.41, 5.74) is 6.44. The van der Waals surface area contributed by atoms with Gasteiger partial charge in [-0.2, -0.15) is 0 Å². The quantitative estimate of drug-likeness (QED) is 0.303. The number of halogens is 1. The van der Waals surface area contributed by atoms with Crippen molar-refractivity contribution in [1.29, 1.82) is 0 Å². The van der Waals surface area contributed by atoms with Crippen molar-refractivity contribution >= 4 is 27.3 Å². The monoisotopic (exact) mass is 479 g/mol. The SMILES string of the molecule is Cc1ccc(CNc2ccc(C3CCC(c4ccc(Br)cc4)N3)cc2[N+](=O)[O-])cc1C. The van der Waals surface area contributed by atoms with Crippen molar-refractivity contribution in [2.24, 2.45) is 0 Å². The van der Waals surface area contributed by atoms with Gasteiger partial charge < -0.3 is 10.6 Å². The van der Waals surface area contributed by atoms with Crippen LogP contribution in [0.1, 0.15) is 52.7 Å². The molecule has 0 bridgehead atoms. The van der Waals surface area contributed by atoms with Crippen LogP contribution >= 0.6 is 15.9 Å². The summed E-state index contributed by atoms with van der Waals surface area (Å²) in [5, 5.41) is 18.6. The highest BCUT2D eigenvalue weighted by molar-refractivity contribution is 9.10. The van der Waals surface area contributed by atoms with Crippen LogP contribution in [0, 0.1) is 24.0 Å². The maximum absolute atomic E-state index is 11.8. The zero-order valence-corrected chi connectivity index (χ0v) is 19.3. The Bertz CT molecular complexity index is 1100. The minimum atomic E-state index is -0.298. The van der Waals surface area contributed by atoms with E-state index in [1.165, 1.54) is 16.7 Å². The van der Waals surface area contributed by atoms with Gasteiger partial charge in [0.15, 0.2) is 0 Å². The molecule has 31 heavy (non-hydrogen) atoms. The summed E-state index contributed by atoms with van der Waals surface area (Å²) in [6.45, 7) is 4.70. The molecule has 1 heterocycles. The third kappa shape index (κ3) is 4.97. The van der Waals surface area contributed by atoms with Gasteiger partial charge in [0.05, 0.1) is 4.92 Å². The first kappa shape index (κ1) is 21.5. The fraction of sp³-hybridized carbons (Fsp3) is 0.280. The summed E-state index contributed by atoms with van der Waals surface area (Å²) in [4.78, 5) is 11.5. The average molecular weight is 480 g/mol. The van der Waals surface area contributed by atoms with Crippen molar-refractivity contribution in [2.45, 2.75) is 45.3 Å². The minimum Gasteiger partial charge on any atom is -0.375 e. The maximum Gasteiger partial charge on any atom is 0.292 e. The van der Waals surface area contributed by atoms with Gasteiger partial charge in [0, 0.05) is 29.2 Å². The summed E-state index contributed by atoms with van der Waals surface area (Å²) in [6.07, 6.45) is 1.96. The van der Waals surface area contributed by atoms with E-state index in [0.29, 0.717) is 12.2 Å². The third-order valence-corrected chi connectivity index (χ3v) is 6.62. The smallest absolute Gasteiger partial charge is 0.292 e. The van der Waals surface area contributed by atoms with Crippen molar-refractivity contribution in [3.8, 4) is 0 Å². The number of nitro groups is 1. The van der Waals surface area contributed by atoms with Crippen molar-refractivity contribution in [1.82, 2.24) is 5.32 Å². The van der Waals surface area contributed by atoms with E-state index < -0.39 is 0 Å². The molecule has 160 valence electrons. The molecule has 2 N–H and O–H groups in total. The van der Waals surface area contributed by atoms with Crippen LogP contribution in [-0.2, 0) is 6.54 Å². The summed E-state index contributed by atoms with van der Waals surface area (Å²) in [5.74, 6) is 0. The number of nitrogens with one attached hydrogen (secondary N) is 2. The lowest BCUT2D eigenvalue weighted by molar-refractivity contribution is -0.384. The second kappa shape index (κ2) is 9.20. The predicted octanol–water partition coefficient (Wildman–Crippen LogP) is 6.75. The Labute approximate surface area is 191 Å². The number of rotatable bonds is 6. The predicted molar refractivity (Wildman–Crippen MR) is 128 cm³/mol. The highest BCUT2D eigenvalue weighted by Gasteiger charge is 2.27. The molecule has 1 fully saturated rings. The molecule has 0 aromatic heterocycles. The topological polar surface area (TPSA) is 67.2 Å². The molecule has 0 amide bonds. The van der Waals surface area contributed by atoms with E-state index in [0.717, 1.165) is 28.4 Å². The van der Waals surface area contributed by atoms with Crippen LogP contribution in [0.15, 0.2) is 65.1 Å². The summed E-state index contributed by atoms with van der Waals surface area (Å²) in [7, 11) is 0. The summed E-state index contributed by atoms with van der Waals surface area (Å²) >= 11 is 3.47. The molecule has 0 spiro atoms. The summed E-state index contributed by atoms with van der Waals surface area (Å²) < 4.78 is 1.06. The van der Waals surface area contributed by atoms with Gasteiger partial charge in [0.1, 0.15) is 5.69 Å². The molecule has 0 radical (unpaired) electrons. The number of anilines is 1. The molecule has 3 aromatic rings. The van der Waals surface area contributed by atoms with Gasteiger partial charge in [-0.3, -0.25) is 10.1 Å². The van der Waals surface area contributed by atoms with E-state index in [-0.39, 0.29) is 22.7 Å². The Balaban J connectivity index is 1.48. The molecule has 3 aromatic carbocycles. The van der Waals surface area contributed by atoms with Crippen LogP contribution in [0.2, 0.25) is 0 Å². The molecule has 6 heteroatoms. The molecular formula is C25H26BrN3O2. The van der Waals surface area contributed by atoms with Crippen molar-refractivity contribution < 1.29 is 4.92 Å². The Morgan fingerprint density at radius 3 is 2.32 bits per heavy atom. The number of nitro benzene ring substituents is 1. The first-order valence-corrected chi connectivity index (χ1v) is 11.3. The van der Waals surface area contributed by atoms with Crippen LogP contribution in [0.3, 0.4) is 0 Å². The fourth-order valence-corrected chi connectivity index (χ4v) is 4.40. The second-order valence-corrected chi connectivity index (χ2v) is 9.12. The molecule has 1 aliphatic heterocycles. The van der Waals surface area contributed by atoms with Crippen LogP contribution < -0.4 is 10.6 Å². The average Bonchev–Trinajstić information content (AvgIpc) is 3.25. The number of benzene rings is 3. The van der Waals surface area contributed by atoms with Gasteiger partial charge in [-0.05, 0) is 72.7 Å². The first-order valence-electron chi connectivity index (χ1n) is 10.5. The van der Waals surface area contributed by atoms with E-state index in [4.69, 9.17) is 0 Å². The minimum absolute atomic E-state index is 0.112. The lowest BCUT2D eigenvalue weighted by Gasteiger charge is -2.16. The Morgan fingerprint density at radius 1 is 0.968 bits per heavy atom. The van der Waals surface area contributed by atoms with E-state index in [2.05, 4.69) is 70.7 Å². The molecule has 5 nitrogen and oxygen atoms in total. The molecule has 0 saturated carbocycles. The van der Waals surface area contributed by atoms with Crippen LogP contribution in [0.25, 0.3) is 0 Å². The molecule has 1 aliphatic rings. The second-order valence-electron chi connectivity index (χ2n) is 8.21. The maximum atomic E-state index is 11.8. The van der Waals surface area contributed by atoms with Crippen LogP contribution in [-0.4, -0.2) is 4.92 Å². The highest BCUT2D eigenvalue weighted by Crippen LogP contribution is 2.37. The summed E-state index contributed by atoms with van der Waals surface area (Å²) in [6, 6.07) is 20.5. The lowest BCUT2D eigenvalue weighted by Crippen LogP contribution is -2.17. The van der Waals surface area contributed by atoms with Gasteiger partial charge in [0.25, 0.3) is 5.69 Å².